The van der Waals surface area contributed by atoms with Gasteiger partial charge in [-0.15, -0.1) is 10.2 Å². The van der Waals surface area contributed by atoms with E-state index in [9.17, 15) is 4.79 Å². The molecule has 2 aromatic heterocycles. The lowest BCUT2D eigenvalue weighted by atomic mass is 10.1. The first-order valence-electron chi connectivity index (χ1n) is 7.36. The van der Waals surface area contributed by atoms with Gasteiger partial charge in [0, 0.05) is 5.56 Å². The summed E-state index contributed by atoms with van der Waals surface area (Å²) in [6.45, 7) is 5.18. The molecule has 9 nitrogen and oxygen atoms in total. The van der Waals surface area contributed by atoms with Crippen LogP contribution in [-0.4, -0.2) is 36.3 Å². The van der Waals surface area contributed by atoms with Gasteiger partial charge in [-0.1, -0.05) is 35.0 Å². The Bertz CT molecular complexity index is 839. The van der Waals surface area contributed by atoms with Crippen molar-refractivity contribution in [3.05, 3.63) is 41.5 Å². The molecule has 3 aromatic rings. The van der Waals surface area contributed by atoms with E-state index in [0.717, 1.165) is 11.1 Å². The highest BCUT2D eigenvalue weighted by atomic mass is 16.6. The smallest absolute Gasteiger partial charge is 0.330 e. The number of nitrogens with zero attached hydrogens (tertiary/aromatic N) is 6. The van der Waals surface area contributed by atoms with Gasteiger partial charge in [-0.2, -0.15) is 9.78 Å². The van der Waals surface area contributed by atoms with Gasteiger partial charge in [0.2, 0.25) is 5.82 Å². The molecule has 0 aliphatic rings. The molecule has 0 amide bonds. The lowest BCUT2D eigenvalue weighted by Gasteiger charge is -2.08. The number of carbonyl (C=O) groups excluding carboxylic acids is 1. The normalized spacial score (nSPS) is 12.1. The summed E-state index contributed by atoms with van der Waals surface area (Å²) >= 11 is 0. The van der Waals surface area contributed by atoms with E-state index in [1.165, 1.54) is 4.80 Å². The molecule has 0 aliphatic carbocycles. The fourth-order valence-corrected chi connectivity index (χ4v) is 2.01. The lowest BCUT2D eigenvalue weighted by molar-refractivity contribution is -0.151. The Balaban J connectivity index is 1.62. The van der Waals surface area contributed by atoms with Crippen LogP contribution in [0.15, 0.2) is 28.8 Å². The van der Waals surface area contributed by atoms with Crippen molar-refractivity contribution >= 4 is 5.97 Å². The van der Waals surface area contributed by atoms with Crippen molar-refractivity contribution in [2.45, 2.75) is 33.4 Å². The Hall–Kier alpha value is -3.10. The SMILES string of the molecule is Cc1ccc(-c2nnn(CC(=O)OC(C)c3nc(C)no3)n2)cc1. The molecule has 9 heteroatoms. The van der Waals surface area contributed by atoms with Gasteiger partial charge in [0.25, 0.3) is 5.89 Å². The quantitative estimate of drug-likeness (QED) is 0.650. The topological polar surface area (TPSA) is 109 Å². The summed E-state index contributed by atoms with van der Waals surface area (Å²) in [7, 11) is 0. The predicted molar refractivity (Wildman–Crippen MR) is 81.5 cm³/mol. The number of hydrogen-bond donors (Lipinski definition) is 0. The van der Waals surface area contributed by atoms with Gasteiger partial charge in [0.1, 0.15) is 0 Å². The van der Waals surface area contributed by atoms with E-state index in [2.05, 4.69) is 25.6 Å². The largest absolute Gasteiger partial charge is 0.451 e. The van der Waals surface area contributed by atoms with Gasteiger partial charge in [-0.25, -0.2) is 4.79 Å². The van der Waals surface area contributed by atoms with Gasteiger partial charge < -0.3 is 9.26 Å². The number of aryl methyl sites for hydroxylation is 2. The summed E-state index contributed by atoms with van der Waals surface area (Å²) in [5.74, 6) is 0.649. The first-order valence-corrected chi connectivity index (χ1v) is 7.36. The maximum atomic E-state index is 12.0. The summed E-state index contributed by atoms with van der Waals surface area (Å²) in [6, 6.07) is 7.71. The molecule has 0 saturated carbocycles. The molecule has 0 saturated heterocycles. The average Bonchev–Trinajstić information content (AvgIpc) is 3.17. The molecule has 0 N–H and O–H groups in total. The molecule has 0 spiro atoms. The molecule has 0 radical (unpaired) electrons. The second-order valence-electron chi connectivity index (χ2n) is 5.32. The zero-order valence-electron chi connectivity index (χ0n) is 13.5. The summed E-state index contributed by atoms with van der Waals surface area (Å²) in [6.07, 6.45) is -0.640. The maximum absolute atomic E-state index is 12.0. The number of aromatic nitrogens is 6. The van der Waals surface area contributed by atoms with Gasteiger partial charge in [-0.05, 0) is 26.0 Å². The Morgan fingerprint density at radius 2 is 2.04 bits per heavy atom. The first-order chi connectivity index (χ1) is 11.5. The highest BCUT2D eigenvalue weighted by Crippen LogP contribution is 2.15. The molecule has 24 heavy (non-hydrogen) atoms. The molecule has 0 bridgehead atoms. The van der Waals surface area contributed by atoms with Crippen LogP contribution < -0.4 is 0 Å². The van der Waals surface area contributed by atoms with E-state index in [1.54, 1.807) is 13.8 Å². The molecule has 1 unspecified atom stereocenters. The molecule has 1 atom stereocenters. The number of esters is 1. The van der Waals surface area contributed by atoms with Gasteiger partial charge in [0.15, 0.2) is 18.5 Å². The third-order valence-electron chi connectivity index (χ3n) is 3.23. The Labute approximate surface area is 137 Å². The zero-order chi connectivity index (χ0) is 17.1. The fourth-order valence-electron chi connectivity index (χ4n) is 2.01. The first kappa shape index (κ1) is 15.8. The second kappa shape index (κ2) is 6.57. The van der Waals surface area contributed by atoms with Gasteiger partial charge >= 0.3 is 5.97 Å². The minimum atomic E-state index is -0.640. The Kier molecular flexibility index (Phi) is 4.32. The van der Waals surface area contributed by atoms with Crippen LogP contribution in [0.2, 0.25) is 0 Å². The number of tetrazole rings is 1. The van der Waals surface area contributed by atoms with Crippen LogP contribution in [0.3, 0.4) is 0 Å². The standard InChI is InChI=1S/C15H16N6O3/c1-9-4-6-12(7-5-9)14-17-20-21(18-14)8-13(22)23-10(2)15-16-11(3)19-24-15/h4-7,10H,8H2,1-3H3. The molecule has 0 aliphatic heterocycles. The monoisotopic (exact) mass is 328 g/mol. The van der Waals surface area contributed by atoms with Crippen molar-refractivity contribution in [2.75, 3.05) is 0 Å². The van der Waals surface area contributed by atoms with E-state index in [0.29, 0.717) is 11.6 Å². The van der Waals surface area contributed by atoms with Crippen LogP contribution in [0, 0.1) is 13.8 Å². The number of rotatable bonds is 5. The summed E-state index contributed by atoms with van der Waals surface area (Å²) < 4.78 is 10.2. The molecule has 124 valence electrons. The van der Waals surface area contributed by atoms with Crippen LogP contribution in [0.4, 0.5) is 0 Å². The van der Waals surface area contributed by atoms with Crippen LogP contribution in [0.5, 0.6) is 0 Å². The number of carbonyl (C=O) groups is 1. The minimum Gasteiger partial charge on any atom is -0.451 e. The number of benzene rings is 1. The maximum Gasteiger partial charge on any atom is 0.330 e. The highest BCUT2D eigenvalue weighted by Gasteiger charge is 2.19. The number of ether oxygens (including phenoxy) is 1. The second-order valence-corrected chi connectivity index (χ2v) is 5.32. The highest BCUT2D eigenvalue weighted by molar-refractivity contribution is 5.69. The average molecular weight is 328 g/mol. The van der Waals surface area contributed by atoms with Gasteiger partial charge in [-0.3, -0.25) is 0 Å². The van der Waals surface area contributed by atoms with Gasteiger partial charge in [0.05, 0.1) is 0 Å². The third kappa shape index (κ3) is 3.62. The summed E-state index contributed by atoms with van der Waals surface area (Å²) in [5, 5.41) is 15.6. The summed E-state index contributed by atoms with van der Waals surface area (Å²) in [4.78, 5) is 17.2. The van der Waals surface area contributed by atoms with Crippen molar-refractivity contribution in [1.29, 1.82) is 0 Å². The van der Waals surface area contributed by atoms with Crippen LogP contribution >= 0.6 is 0 Å². The van der Waals surface area contributed by atoms with Crippen molar-refractivity contribution in [2.24, 2.45) is 0 Å². The molecule has 3 rings (SSSR count). The molecule has 0 fully saturated rings. The zero-order valence-corrected chi connectivity index (χ0v) is 13.5. The third-order valence-corrected chi connectivity index (χ3v) is 3.23. The van der Waals surface area contributed by atoms with E-state index >= 15 is 0 Å². The van der Waals surface area contributed by atoms with E-state index < -0.39 is 12.1 Å². The Morgan fingerprint density at radius 3 is 2.71 bits per heavy atom. The predicted octanol–water partition coefficient (Wildman–Crippen LogP) is 1.64. The van der Waals surface area contributed by atoms with Crippen molar-refractivity contribution in [1.82, 2.24) is 30.3 Å². The van der Waals surface area contributed by atoms with E-state index in [-0.39, 0.29) is 12.4 Å². The summed E-state index contributed by atoms with van der Waals surface area (Å²) in [5.41, 5.74) is 1.97. The van der Waals surface area contributed by atoms with E-state index in [4.69, 9.17) is 9.26 Å². The minimum absolute atomic E-state index is 0.156. The van der Waals surface area contributed by atoms with Crippen LogP contribution in [0.1, 0.15) is 30.3 Å². The van der Waals surface area contributed by atoms with Crippen molar-refractivity contribution in [3.63, 3.8) is 0 Å². The fraction of sp³-hybridized carbons (Fsp3) is 0.333. The number of hydrogen-bond acceptors (Lipinski definition) is 8. The van der Waals surface area contributed by atoms with E-state index in [1.807, 2.05) is 31.2 Å². The lowest BCUT2D eigenvalue weighted by Crippen LogP contribution is -2.17. The van der Waals surface area contributed by atoms with Crippen LogP contribution in [-0.2, 0) is 16.1 Å². The molecular formula is C15H16N6O3. The van der Waals surface area contributed by atoms with Crippen molar-refractivity contribution < 1.29 is 14.1 Å². The molecular weight excluding hydrogens is 312 g/mol. The molecule has 1 aromatic carbocycles. The molecule has 2 heterocycles. The Morgan fingerprint density at radius 1 is 1.29 bits per heavy atom. The van der Waals surface area contributed by atoms with Crippen LogP contribution in [0.25, 0.3) is 11.4 Å². The van der Waals surface area contributed by atoms with Crippen molar-refractivity contribution in [3.8, 4) is 11.4 Å².